The van der Waals surface area contributed by atoms with Crippen LogP contribution in [-0.2, 0) is 4.74 Å². The van der Waals surface area contributed by atoms with Gasteiger partial charge in [-0.2, -0.15) is 5.10 Å². The summed E-state index contributed by atoms with van der Waals surface area (Å²) in [6.07, 6.45) is 0.262. The van der Waals surface area contributed by atoms with Crippen molar-refractivity contribution in [2.24, 2.45) is 0 Å². The van der Waals surface area contributed by atoms with Crippen molar-refractivity contribution < 1.29 is 20.1 Å². The van der Waals surface area contributed by atoms with Crippen molar-refractivity contribution in [2.75, 3.05) is 12.3 Å². The van der Waals surface area contributed by atoms with Gasteiger partial charge in [0.15, 0.2) is 23.5 Å². The Kier molecular flexibility index (Phi) is 3.42. The maximum Gasteiger partial charge on any atom is 0.168 e. The molecule has 11 nitrogen and oxygen atoms in total. The third-order valence-electron chi connectivity index (χ3n) is 4.00. The molecule has 0 radical (unpaired) electrons. The third kappa shape index (κ3) is 2.14. The number of nitrogens with zero attached hydrogens (tertiary/aromatic N) is 5. The minimum Gasteiger partial charge on any atom is -0.394 e. The van der Waals surface area contributed by atoms with Crippen molar-refractivity contribution in [3.8, 4) is 11.4 Å². The largest absolute Gasteiger partial charge is 0.394 e. The molecule has 0 bridgehead atoms. The number of aromatic amines is 1. The molecule has 126 valence electrons. The van der Waals surface area contributed by atoms with E-state index in [4.69, 9.17) is 10.5 Å². The zero-order valence-corrected chi connectivity index (χ0v) is 12.3. The van der Waals surface area contributed by atoms with E-state index in [9.17, 15) is 15.3 Å². The van der Waals surface area contributed by atoms with Crippen LogP contribution >= 0.6 is 0 Å². The van der Waals surface area contributed by atoms with Gasteiger partial charge < -0.3 is 25.8 Å². The van der Waals surface area contributed by atoms with Gasteiger partial charge in [-0.25, -0.2) is 15.0 Å². The van der Waals surface area contributed by atoms with Crippen LogP contribution in [0.2, 0.25) is 0 Å². The molecule has 1 aliphatic heterocycles. The van der Waals surface area contributed by atoms with E-state index in [-0.39, 0.29) is 5.82 Å². The molecule has 0 unspecified atom stereocenters. The number of aliphatic hydroxyl groups is 3. The molecule has 4 rings (SSSR count). The quantitative estimate of drug-likeness (QED) is 0.379. The fourth-order valence-electron chi connectivity index (χ4n) is 2.74. The number of ether oxygens (including phenoxy) is 1. The third-order valence-corrected chi connectivity index (χ3v) is 4.00. The second-order valence-corrected chi connectivity index (χ2v) is 5.47. The molecule has 11 heteroatoms. The first-order valence-corrected chi connectivity index (χ1v) is 7.22. The molecular formula is C13H15N7O4. The van der Waals surface area contributed by atoms with Gasteiger partial charge in [-0.1, -0.05) is 0 Å². The Balaban J connectivity index is 1.82. The monoisotopic (exact) mass is 333 g/mol. The van der Waals surface area contributed by atoms with Crippen LogP contribution in [-0.4, -0.2) is 70.0 Å². The number of aromatic nitrogens is 6. The molecule has 1 aliphatic rings. The molecule has 24 heavy (non-hydrogen) atoms. The Morgan fingerprint density at radius 3 is 2.79 bits per heavy atom. The number of fused-ring (bicyclic) bond motifs is 1. The number of anilines is 1. The molecule has 6 N–H and O–H groups in total. The van der Waals surface area contributed by atoms with Crippen LogP contribution < -0.4 is 5.73 Å². The van der Waals surface area contributed by atoms with Crippen LogP contribution in [0.3, 0.4) is 0 Å². The summed E-state index contributed by atoms with van der Waals surface area (Å²) in [4.78, 5) is 12.7. The van der Waals surface area contributed by atoms with Crippen LogP contribution in [0.25, 0.3) is 22.6 Å². The SMILES string of the molecule is Nc1nc(-c2cn[nH]c2)nc2c1ncn2[C@@H]1O[C@H](CO)[C@@H](O)[C@H]1O. The molecule has 0 saturated carbocycles. The van der Waals surface area contributed by atoms with Gasteiger partial charge in [-0.05, 0) is 0 Å². The number of nitrogens with one attached hydrogen (secondary N) is 1. The van der Waals surface area contributed by atoms with E-state index in [1.807, 2.05) is 0 Å². The number of imidazole rings is 1. The smallest absolute Gasteiger partial charge is 0.168 e. The maximum atomic E-state index is 10.2. The molecule has 0 aromatic carbocycles. The van der Waals surface area contributed by atoms with Crippen molar-refractivity contribution in [1.82, 2.24) is 29.7 Å². The zero-order valence-electron chi connectivity index (χ0n) is 12.3. The minimum atomic E-state index is -1.24. The molecule has 0 amide bonds. The van der Waals surface area contributed by atoms with E-state index >= 15 is 0 Å². The van der Waals surface area contributed by atoms with E-state index in [1.165, 1.54) is 10.9 Å². The van der Waals surface area contributed by atoms with Crippen molar-refractivity contribution >= 4 is 17.0 Å². The molecule has 0 aliphatic carbocycles. The lowest BCUT2D eigenvalue weighted by Gasteiger charge is -2.16. The van der Waals surface area contributed by atoms with Gasteiger partial charge in [0, 0.05) is 6.20 Å². The Bertz CT molecular complexity index is 865. The summed E-state index contributed by atoms with van der Waals surface area (Å²) < 4.78 is 6.97. The Hall–Kier alpha value is -2.60. The highest BCUT2D eigenvalue weighted by molar-refractivity contribution is 5.83. The first kappa shape index (κ1) is 15.0. The van der Waals surface area contributed by atoms with Crippen molar-refractivity contribution in [3.63, 3.8) is 0 Å². The molecule has 3 aromatic rings. The minimum absolute atomic E-state index is 0.168. The number of H-pyrrole nitrogens is 1. The van der Waals surface area contributed by atoms with Gasteiger partial charge >= 0.3 is 0 Å². The second kappa shape index (κ2) is 5.49. The topological polar surface area (TPSA) is 168 Å². The van der Waals surface area contributed by atoms with Crippen LogP contribution in [0.4, 0.5) is 5.82 Å². The number of nitrogens with two attached hydrogens (primary N) is 1. The van der Waals surface area contributed by atoms with Crippen molar-refractivity contribution in [1.29, 1.82) is 0 Å². The van der Waals surface area contributed by atoms with E-state index in [0.717, 1.165) is 0 Å². The summed E-state index contributed by atoms with van der Waals surface area (Å²) in [5.74, 6) is 0.504. The van der Waals surface area contributed by atoms with Gasteiger partial charge in [0.1, 0.15) is 23.8 Å². The predicted molar refractivity (Wildman–Crippen MR) is 80.3 cm³/mol. The lowest BCUT2D eigenvalue weighted by atomic mass is 10.1. The highest BCUT2D eigenvalue weighted by atomic mass is 16.6. The van der Waals surface area contributed by atoms with Crippen LogP contribution in [0.15, 0.2) is 18.7 Å². The summed E-state index contributed by atoms with van der Waals surface area (Å²) >= 11 is 0. The summed E-state index contributed by atoms with van der Waals surface area (Å²) in [5, 5.41) is 35.8. The molecule has 1 fully saturated rings. The molecule has 0 spiro atoms. The average Bonchev–Trinajstić information content (AvgIpc) is 3.28. The normalized spacial score (nSPS) is 27.1. The summed E-state index contributed by atoms with van der Waals surface area (Å²) in [6.45, 7) is -0.418. The Labute approximate surface area is 134 Å². The first-order valence-electron chi connectivity index (χ1n) is 7.22. The maximum absolute atomic E-state index is 10.2. The Morgan fingerprint density at radius 2 is 2.12 bits per heavy atom. The molecule has 4 heterocycles. The van der Waals surface area contributed by atoms with Crippen LogP contribution in [0.5, 0.6) is 0 Å². The van der Waals surface area contributed by atoms with Gasteiger partial charge in [-0.15, -0.1) is 0 Å². The van der Waals surface area contributed by atoms with E-state index in [1.54, 1.807) is 12.4 Å². The average molecular weight is 333 g/mol. The fraction of sp³-hybridized carbons (Fsp3) is 0.385. The number of aliphatic hydroxyl groups excluding tert-OH is 3. The van der Waals surface area contributed by atoms with Crippen LogP contribution in [0.1, 0.15) is 6.23 Å². The molecule has 1 saturated heterocycles. The molecular weight excluding hydrogens is 318 g/mol. The summed E-state index contributed by atoms with van der Waals surface area (Å²) in [7, 11) is 0. The van der Waals surface area contributed by atoms with Gasteiger partial charge in [-0.3, -0.25) is 9.67 Å². The number of rotatable bonds is 3. The summed E-state index contributed by atoms with van der Waals surface area (Å²) in [5.41, 5.74) is 7.27. The lowest BCUT2D eigenvalue weighted by Crippen LogP contribution is -2.33. The van der Waals surface area contributed by atoms with Crippen molar-refractivity contribution in [2.45, 2.75) is 24.5 Å². The highest BCUT2D eigenvalue weighted by Gasteiger charge is 2.44. The fourth-order valence-corrected chi connectivity index (χ4v) is 2.74. The van der Waals surface area contributed by atoms with E-state index in [0.29, 0.717) is 22.6 Å². The molecule has 3 aromatic heterocycles. The Morgan fingerprint density at radius 1 is 1.29 bits per heavy atom. The first-order chi connectivity index (χ1) is 11.6. The zero-order chi connectivity index (χ0) is 16.8. The van der Waals surface area contributed by atoms with Gasteiger partial charge in [0.05, 0.1) is 24.7 Å². The van der Waals surface area contributed by atoms with E-state index < -0.39 is 31.1 Å². The number of hydrogen-bond acceptors (Lipinski definition) is 9. The standard InChI is InChI=1S/C13H15N7O4/c14-10-7-12(19-11(18-10)5-1-16-17-2-5)20(4-15-7)13-9(23)8(22)6(3-21)24-13/h1-2,4,6,8-9,13,21-23H,3H2,(H,16,17)(H2,14,18,19)/t6-,8-,9-,13-/m1/s1. The summed E-state index contributed by atoms with van der Waals surface area (Å²) in [6, 6.07) is 0. The predicted octanol–water partition coefficient (Wildman–Crippen LogP) is -1.59. The van der Waals surface area contributed by atoms with Gasteiger partial charge in [0.25, 0.3) is 0 Å². The highest BCUT2D eigenvalue weighted by Crippen LogP contribution is 2.32. The van der Waals surface area contributed by atoms with Gasteiger partial charge in [0.2, 0.25) is 0 Å². The second-order valence-electron chi connectivity index (χ2n) is 5.47. The van der Waals surface area contributed by atoms with E-state index in [2.05, 4.69) is 25.1 Å². The molecule has 4 atom stereocenters. The number of hydrogen-bond donors (Lipinski definition) is 5. The number of nitrogen functional groups attached to an aromatic ring is 1. The van der Waals surface area contributed by atoms with Crippen molar-refractivity contribution in [3.05, 3.63) is 18.7 Å². The van der Waals surface area contributed by atoms with Crippen LogP contribution in [0, 0.1) is 0 Å². The lowest BCUT2D eigenvalue weighted by molar-refractivity contribution is -0.0511.